The third-order valence-electron chi connectivity index (χ3n) is 6.30. The van der Waals surface area contributed by atoms with Gasteiger partial charge in [-0.2, -0.15) is 0 Å². The summed E-state index contributed by atoms with van der Waals surface area (Å²) < 4.78 is 6.38. The topological polar surface area (TPSA) is 62.7 Å². The molecule has 6 heteroatoms. The molecule has 1 saturated heterocycles. The molecule has 0 N–H and O–H groups in total. The zero-order chi connectivity index (χ0) is 23.4. The van der Waals surface area contributed by atoms with Crippen molar-refractivity contribution >= 4 is 22.7 Å². The van der Waals surface area contributed by atoms with Crippen LogP contribution in [0, 0.1) is 5.92 Å². The number of hydrogen-bond acceptors (Lipinski definition) is 5. The van der Waals surface area contributed by atoms with E-state index in [9.17, 15) is 9.59 Å². The molecule has 2 aliphatic heterocycles. The van der Waals surface area contributed by atoms with Gasteiger partial charge in [-0.05, 0) is 30.7 Å². The van der Waals surface area contributed by atoms with Crippen molar-refractivity contribution in [2.24, 2.45) is 5.92 Å². The number of carbonyl (C=O) groups is 2. The summed E-state index contributed by atoms with van der Waals surface area (Å²) in [5.74, 6) is 0.787. The molecule has 2 unspecified atom stereocenters. The van der Waals surface area contributed by atoms with E-state index in [-0.39, 0.29) is 17.9 Å². The monoisotopic (exact) mass is 445 g/mol. The van der Waals surface area contributed by atoms with Crippen LogP contribution in [-0.2, 0) is 0 Å². The molecule has 1 fully saturated rings. The van der Waals surface area contributed by atoms with Crippen LogP contribution in [0.1, 0.15) is 47.9 Å². The highest BCUT2D eigenvalue weighted by Crippen LogP contribution is 2.28. The molecule has 33 heavy (non-hydrogen) atoms. The molecule has 172 valence electrons. The Morgan fingerprint density at radius 3 is 2.33 bits per heavy atom. The van der Waals surface area contributed by atoms with Gasteiger partial charge in [-0.3, -0.25) is 19.5 Å². The van der Waals surface area contributed by atoms with Crippen LogP contribution in [-0.4, -0.2) is 58.9 Å². The predicted octanol–water partition coefficient (Wildman–Crippen LogP) is 4.65. The number of pyridine rings is 1. The van der Waals surface area contributed by atoms with Gasteiger partial charge in [-0.1, -0.05) is 51.1 Å². The van der Waals surface area contributed by atoms with E-state index in [1.54, 1.807) is 30.5 Å². The van der Waals surface area contributed by atoms with E-state index in [1.165, 1.54) is 4.90 Å². The maximum absolute atomic E-state index is 12.6. The Balaban J connectivity index is 0.00000126. The quantitative estimate of drug-likeness (QED) is 0.535. The minimum atomic E-state index is -0.185. The van der Waals surface area contributed by atoms with Crippen LogP contribution < -0.4 is 4.74 Å². The number of piperidine rings is 1. The summed E-state index contributed by atoms with van der Waals surface area (Å²) in [6, 6.07) is 17.0. The predicted molar refractivity (Wildman–Crippen MR) is 130 cm³/mol. The zero-order valence-electron chi connectivity index (χ0n) is 19.5. The Kier molecular flexibility index (Phi) is 7.04. The Labute approximate surface area is 195 Å². The molecule has 2 aliphatic rings. The molecular weight excluding hydrogens is 414 g/mol. The minimum Gasteiger partial charge on any atom is -0.488 e. The van der Waals surface area contributed by atoms with Gasteiger partial charge in [-0.15, -0.1) is 0 Å². The molecule has 0 radical (unpaired) electrons. The number of ether oxygens (including phenoxy) is 1. The highest BCUT2D eigenvalue weighted by molar-refractivity contribution is 6.21. The molecule has 0 aliphatic carbocycles. The highest BCUT2D eigenvalue weighted by Gasteiger charge is 2.35. The summed E-state index contributed by atoms with van der Waals surface area (Å²) in [6.45, 7) is 9.02. The zero-order valence-corrected chi connectivity index (χ0v) is 19.5. The number of para-hydroxylation sites is 1. The number of amides is 2. The van der Waals surface area contributed by atoms with Crippen molar-refractivity contribution in [1.29, 1.82) is 0 Å². The highest BCUT2D eigenvalue weighted by atomic mass is 16.5. The van der Waals surface area contributed by atoms with Gasteiger partial charge in [0.1, 0.15) is 17.4 Å². The van der Waals surface area contributed by atoms with Crippen molar-refractivity contribution in [3.63, 3.8) is 0 Å². The molecule has 3 heterocycles. The summed E-state index contributed by atoms with van der Waals surface area (Å²) in [6.07, 6.45) is 2.80. The maximum Gasteiger partial charge on any atom is 0.261 e. The fourth-order valence-electron chi connectivity index (χ4n) is 4.61. The van der Waals surface area contributed by atoms with Crippen LogP contribution in [0.5, 0.6) is 5.75 Å². The summed E-state index contributed by atoms with van der Waals surface area (Å²) >= 11 is 0. The van der Waals surface area contributed by atoms with Gasteiger partial charge >= 0.3 is 0 Å². The Hall–Kier alpha value is -3.25. The SMILES string of the molecule is CC.CC1CN(CCN2C(=O)c3ccccc3C2=O)CCC1Oc1cccc2cccnc12. The second kappa shape index (κ2) is 10.1. The fourth-order valence-corrected chi connectivity index (χ4v) is 4.61. The molecule has 0 saturated carbocycles. The number of aromatic nitrogens is 1. The summed E-state index contributed by atoms with van der Waals surface area (Å²) in [4.78, 5) is 33.3. The van der Waals surface area contributed by atoms with Gasteiger partial charge in [0, 0.05) is 43.7 Å². The maximum atomic E-state index is 12.6. The summed E-state index contributed by atoms with van der Waals surface area (Å²) in [5, 5.41) is 1.08. The van der Waals surface area contributed by atoms with E-state index in [4.69, 9.17) is 4.74 Å². The average molecular weight is 446 g/mol. The first-order chi connectivity index (χ1) is 16.1. The van der Waals surface area contributed by atoms with Crippen molar-refractivity contribution in [3.8, 4) is 5.75 Å². The Bertz CT molecular complexity index is 1110. The lowest BCUT2D eigenvalue weighted by Gasteiger charge is -2.37. The second-order valence-corrected chi connectivity index (χ2v) is 8.36. The van der Waals surface area contributed by atoms with Crippen LogP contribution in [0.25, 0.3) is 10.9 Å². The Morgan fingerprint density at radius 1 is 0.939 bits per heavy atom. The van der Waals surface area contributed by atoms with Crippen molar-refractivity contribution in [2.75, 3.05) is 26.2 Å². The van der Waals surface area contributed by atoms with Crippen molar-refractivity contribution in [1.82, 2.24) is 14.8 Å². The first kappa shape index (κ1) is 22.9. The Morgan fingerprint density at radius 2 is 1.64 bits per heavy atom. The molecule has 2 amide bonds. The molecule has 0 spiro atoms. The molecule has 2 aromatic carbocycles. The largest absolute Gasteiger partial charge is 0.488 e. The van der Waals surface area contributed by atoms with E-state index in [2.05, 4.69) is 16.8 Å². The normalized spacial score (nSPS) is 20.4. The van der Waals surface area contributed by atoms with Crippen LogP contribution >= 0.6 is 0 Å². The molecule has 3 aromatic rings. The van der Waals surface area contributed by atoms with Crippen LogP contribution in [0.4, 0.5) is 0 Å². The number of carbonyl (C=O) groups excluding carboxylic acids is 2. The third kappa shape index (κ3) is 4.62. The number of rotatable bonds is 5. The molecule has 1 aromatic heterocycles. The smallest absolute Gasteiger partial charge is 0.261 e. The molecule has 2 atom stereocenters. The van der Waals surface area contributed by atoms with Gasteiger partial charge < -0.3 is 9.64 Å². The second-order valence-electron chi connectivity index (χ2n) is 8.36. The van der Waals surface area contributed by atoms with Crippen LogP contribution in [0.3, 0.4) is 0 Å². The van der Waals surface area contributed by atoms with Crippen molar-refractivity contribution in [2.45, 2.75) is 33.3 Å². The van der Waals surface area contributed by atoms with E-state index in [0.717, 1.165) is 36.2 Å². The third-order valence-corrected chi connectivity index (χ3v) is 6.30. The van der Waals surface area contributed by atoms with Crippen LogP contribution in [0.2, 0.25) is 0 Å². The van der Waals surface area contributed by atoms with Gasteiger partial charge in [0.2, 0.25) is 0 Å². The van der Waals surface area contributed by atoms with Gasteiger partial charge in [0.25, 0.3) is 11.8 Å². The average Bonchev–Trinajstić information content (AvgIpc) is 3.10. The number of imide groups is 1. The van der Waals surface area contributed by atoms with Crippen molar-refractivity contribution in [3.05, 3.63) is 71.9 Å². The standard InChI is InChI=1S/C25H25N3O3.C2H6/c1-17-16-27(14-15-28-24(29)19-8-2-3-9-20(19)25(28)30)13-11-21(17)31-22-10-4-6-18-7-5-12-26-23(18)22;1-2/h2-10,12,17,21H,11,13-16H2,1H3;1-2H3. The van der Waals surface area contributed by atoms with Crippen LogP contribution in [0.15, 0.2) is 60.8 Å². The molecule has 0 bridgehead atoms. The van der Waals surface area contributed by atoms with E-state index < -0.39 is 0 Å². The molecule has 5 rings (SSSR count). The van der Waals surface area contributed by atoms with Crippen molar-refractivity contribution < 1.29 is 14.3 Å². The first-order valence-corrected chi connectivity index (χ1v) is 11.8. The lowest BCUT2D eigenvalue weighted by atomic mass is 9.96. The summed E-state index contributed by atoms with van der Waals surface area (Å²) in [7, 11) is 0. The first-order valence-electron chi connectivity index (χ1n) is 11.8. The lowest BCUT2D eigenvalue weighted by molar-refractivity contribution is 0.0444. The minimum absolute atomic E-state index is 0.114. The molecule has 6 nitrogen and oxygen atoms in total. The molecular formula is C27H31N3O3. The van der Waals surface area contributed by atoms with Gasteiger partial charge in [-0.25, -0.2) is 0 Å². The number of hydrogen-bond donors (Lipinski definition) is 0. The van der Waals surface area contributed by atoms with E-state index >= 15 is 0 Å². The number of benzene rings is 2. The fraction of sp³-hybridized carbons (Fsp3) is 0.370. The van der Waals surface area contributed by atoms with E-state index in [1.807, 2.05) is 44.2 Å². The number of likely N-dealkylation sites (tertiary alicyclic amines) is 1. The summed E-state index contributed by atoms with van der Waals surface area (Å²) in [5.41, 5.74) is 1.92. The van der Waals surface area contributed by atoms with E-state index in [0.29, 0.717) is 30.1 Å². The van der Waals surface area contributed by atoms with Gasteiger partial charge in [0.15, 0.2) is 0 Å². The number of fused-ring (bicyclic) bond motifs is 2. The lowest BCUT2D eigenvalue weighted by Crippen LogP contribution is -2.47. The number of nitrogens with zero attached hydrogens (tertiary/aromatic N) is 3. The van der Waals surface area contributed by atoms with Gasteiger partial charge in [0.05, 0.1) is 11.1 Å².